The van der Waals surface area contributed by atoms with Crippen molar-refractivity contribution >= 4 is 22.8 Å². The van der Waals surface area contributed by atoms with Gasteiger partial charge in [0, 0.05) is 6.54 Å². The molecular weight excluding hydrogens is 244 g/mol. The van der Waals surface area contributed by atoms with Gasteiger partial charge in [-0.2, -0.15) is 15.1 Å². The molecule has 0 saturated carbocycles. The fourth-order valence-corrected chi connectivity index (χ4v) is 2.00. The van der Waals surface area contributed by atoms with Crippen LogP contribution >= 0.6 is 0 Å². The minimum atomic E-state index is 0.227. The van der Waals surface area contributed by atoms with Crippen LogP contribution in [0.25, 0.3) is 11.0 Å². The molecule has 3 heterocycles. The molecule has 0 aromatic carbocycles. The fraction of sp³-hybridized carbons (Fsp3) is 0.250. The summed E-state index contributed by atoms with van der Waals surface area (Å²) in [4.78, 5) is 10.5. The molecule has 3 N–H and O–H groups in total. The number of hydrogen-bond acceptors (Lipinski definition) is 6. The van der Waals surface area contributed by atoms with Gasteiger partial charge in [0.05, 0.1) is 24.4 Å². The Morgan fingerprint density at radius 2 is 2.32 bits per heavy atom. The summed E-state index contributed by atoms with van der Waals surface area (Å²) in [5, 5.41) is 7.64. The Labute approximate surface area is 109 Å². The van der Waals surface area contributed by atoms with Crippen LogP contribution in [0.4, 0.5) is 11.8 Å². The highest BCUT2D eigenvalue weighted by Crippen LogP contribution is 2.24. The maximum Gasteiger partial charge on any atom is 0.224 e. The van der Waals surface area contributed by atoms with Gasteiger partial charge in [0.25, 0.3) is 0 Å². The zero-order valence-corrected chi connectivity index (χ0v) is 10.5. The van der Waals surface area contributed by atoms with Crippen LogP contribution in [-0.4, -0.2) is 26.7 Å². The van der Waals surface area contributed by atoms with E-state index in [2.05, 4.69) is 25.1 Å². The lowest BCUT2D eigenvalue weighted by Gasteiger charge is -2.21. The van der Waals surface area contributed by atoms with Crippen LogP contribution in [0.15, 0.2) is 29.0 Å². The van der Waals surface area contributed by atoms with E-state index < -0.39 is 0 Å². The smallest absolute Gasteiger partial charge is 0.224 e. The van der Waals surface area contributed by atoms with Gasteiger partial charge in [0.2, 0.25) is 5.95 Å². The van der Waals surface area contributed by atoms with E-state index in [9.17, 15) is 0 Å². The average molecular weight is 258 g/mol. The maximum atomic E-state index is 5.73. The lowest BCUT2D eigenvalue weighted by molar-refractivity contribution is 0.503. The number of fused-ring (bicyclic) bond motifs is 1. The van der Waals surface area contributed by atoms with Crippen LogP contribution in [0, 0.1) is 0 Å². The first-order chi connectivity index (χ1) is 9.28. The SMILES string of the molecule is CCN(Cc1ccco1)c1nc(N)nc2[nH]ncc12. The van der Waals surface area contributed by atoms with E-state index in [1.54, 1.807) is 12.5 Å². The lowest BCUT2D eigenvalue weighted by Crippen LogP contribution is -2.23. The van der Waals surface area contributed by atoms with Crippen molar-refractivity contribution < 1.29 is 4.42 Å². The van der Waals surface area contributed by atoms with Gasteiger partial charge in [-0.05, 0) is 19.1 Å². The second kappa shape index (κ2) is 4.60. The van der Waals surface area contributed by atoms with Crippen LogP contribution in [-0.2, 0) is 6.54 Å². The van der Waals surface area contributed by atoms with Crippen molar-refractivity contribution in [3.8, 4) is 0 Å². The molecule has 0 amide bonds. The second-order valence-corrected chi connectivity index (χ2v) is 4.13. The number of rotatable bonds is 4. The first-order valence-corrected chi connectivity index (χ1v) is 6.02. The molecule has 3 aromatic rings. The van der Waals surface area contributed by atoms with E-state index in [1.807, 2.05) is 19.1 Å². The zero-order valence-electron chi connectivity index (χ0n) is 10.5. The predicted molar refractivity (Wildman–Crippen MR) is 71.5 cm³/mol. The standard InChI is InChI=1S/C12H14N6O/c1-2-18(7-8-4-3-5-19-8)11-9-6-14-17-10(9)15-12(13)16-11/h3-6H,2,7H2,1H3,(H3,13,14,15,16,17). The Morgan fingerprint density at radius 3 is 3.05 bits per heavy atom. The van der Waals surface area contributed by atoms with Crippen molar-refractivity contribution in [3.63, 3.8) is 0 Å². The average Bonchev–Trinajstić information content (AvgIpc) is 3.05. The topological polar surface area (TPSA) is 96.9 Å². The molecule has 7 heteroatoms. The molecule has 0 aliphatic rings. The highest BCUT2D eigenvalue weighted by molar-refractivity contribution is 5.87. The Bertz CT molecular complexity index is 675. The van der Waals surface area contributed by atoms with E-state index in [-0.39, 0.29) is 5.95 Å². The fourth-order valence-electron chi connectivity index (χ4n) is 2.00. The molecule has 0 aliphatic carbocycles. The van der Waals surface area contributed by atoms with Crippen molar-refractivity contribution in [2.75, 3.05) is 17.2 Å². The molecule has 7 nitrogen and oxygen atoms in total. The van der Waals surface area contributed by atoms with E-state index >= 15 is 0 Å². The summed E-state index contributed by atoms with van der Waals surface area (Å²) in [6.45, 7) is 3.45. The molecule has 98 valence electrons. The van der Waals surface area contributed by atoms with Crippen molar-refractivity contribution in [2.45, 2.75) is 13.5 Å². The number of nitrogens with two attached hydrogens (primary N) is 1. The minimum Gasteiger partial charge on any atom is -0.467 e. The molecule has 19 heavy (non-hydrogen) atoms. The van der Waals surface area contributed by atoms with Crippen LogP contribution in [0.5, 0.6) is 0 Å². The van der Waals surface area contributed by atoms with Gasteiger partial charge in [-0.1, -0.05) is 0 Å². The Morgan fingerprint density at radius 1 is 1.42 bits per heavy atom. The van der Waals surface area contributed by atoms with E-state index in [1.165, 1.54) is 0 Å². The Kier molecular flexibility index (Phi) is 2.79. The third kappa shape index (κ3) is 2.10. The third-order valence-corrected chi connectivity index (χ3v) is 2.91. The van der Waals surface area contributed by atoms with E-state index in [0.29, 0.717) is 12.2 Å². The molecular formula is C12H14N6O. The number of aromatic amines is 1. The van der Waals surface area contributed by atoms with E-state index in [4.69, 9.17) is 10.2 Å². The number of aromatic nitrogens is 4. The number of hydrogen-bond donors (Lipinski definition) is 2. The monoisotopic (exact) mass is 258 g/mol. The first kappa shape index (κ1) is 11.5. The van der Waals surface area contributed by atoms with Crippen LogP contribution in [0.3, 0.4) is 0 Å². The lowest BCUT2D eigenvalue weighted by atomic mass is 10.3. The highest BCUT2D eigenvalue weighted by Gasteiger charge is 2.15. The normalized spacial score (nSPS) is 11.0. The van der Waals surface area contributed by atoms with Crippen molar-refractivity contribution in [1.82, 2.24) is 20.2 Å². The molecule has 0 spiro atoms. The number of furan rings is 1. The zero-order chi connectivity index (χ0) is 13.2. The summed E-state index contributed by atoms with van der Waals surface area (Å²) < 4.78 is 5.37. The summed E-state index contributed by atoms with van der Waals surface area (Å²) in [7, 11) is 0. The molecule has 0 fully saturated rings. The molecule has 0 saturated heterocycles. The number of H-pyrrole nitrogens is 1. The molecule has 0 aliphatic heterocycles. The first-order valence-electron chi connectivity index (χ1n) is 6.02. The largest absolute Gasteiger partial charge is 0.467 e. The summed E-state index contributed by atoms with van der Waals surface area (Å²) in [5.41, 5.74) is 6.37. The summed E-state index contributed by atoms with van der Waals surface area (Å²) in [5.74, 6) is 1.86. The number of nitrogens with one attached hydrogen (secondary N) is 1. The van der Waals surface area contributed by atoms with Crippen molar-refractivity contribution in [1.29, 1.82) is 0 Å². The van der Waals surface area contributed by atoms with Gasteiger partial charge >= 0.3 is 0 Å². The summed E-state index contributed by atoms with van der Waals surface area (Å²) in [6.07, 6.45) is 3.36. The third-order valence-electron chi connectivity index (χ3n) is 2.91. The molecule has 0 radical (unpaired) electrons. The molecule has 0 unspecified atom stereocenters. The van der Waals surface area contributed by atoms with Gasteiger partial charge in [0.15, 0.2) is 5.65 Å². The second-order valence-electron chi connectivity index (χ2n) is 4.13. The molecule has 3 aromatic heterocycles. The number of nitrogens with zero attached hydrogens (tertiary/aromatic N) is 4. The maximum absolute atomic E-state index is 5.73. The quantitative estimate of drug-likeness (QED) is 0.737. The number of anilines is 2. The molecule has 0 atom stereocenters. The van der Waals surface area contributed by atoms with Crippen LogP contribution in [0.1, 0.15) is 12.7 Å². The summed E-state index contributed by atoms with van der Waals surface area (Å²) in [6, 6.07) is 3.80. The van der Waals surface area contributed by atoms with E-state index in [0.717, 1.165) is 23.5 Å². The van der Waals surface area contributed by atoms with Crippen LogP contribution in [0.2, 0.25) is 0 Å². The van der Waals surface area contributed by atoms with Gasteiger partial charge < -0.3 is 15.1 Å². The minimum absolute atomic E-state index is 0.227. The van der Waals surface area contributed by atoms with Gasteiger partial charge in [-0.15, -0.1) is 0 Å². The van der Waals surface area contributed by atoms with Gasteiger partial charge in [-0.25, -0.2) is 0 Å². The van der Waals surface area contributed by atoms with Crippen molar-refractivity contribution in [2.24, 2.45) is 0 Å². The Balaban J connectivity index is 2.03. The number of nitrogen functional groups attached to an aromatic ring is 1. The molecule has 3 rings (SSSR count). The molecule has 0 bridgehead atoms. The van der Waals surface area contributed by atoms with Crippen molar-refractivity contribution in [3.05, 3.63) is 30.4 Å². The highest BCUT2D eigenvalue weighted by atomic mass is 16.3. The van der Waals surface area contributed by atoms with Gasteiger partial charge in [-0.3, -0.25) is 5.10 Å². The van der Waals surface area contributed by atoms with Gasteiger partial charge in [0.1, 0.15) is 11.6 Å². The van der Waals surface area contributed by atoms with Crippen LogP contribution < -0.4 is 10.6 Å². The predicted octanol–water partition coefficient (Wildman–Crippen LogP) is 1.55. The Hall–Kier alpha value is -2.57. The summed E-state index contributed by atoms with van der Waals surface area (Å²) >= 11 is 0.